The SMILES string of the molecule is C[C@@]1(Cc2c[nH]c3ccccc23)NC(=O)CCN(c2cccc3ccccc23)C1=O. The number of nitrogens with one attached hydrogen (secondary N) is 2. The number of hydrogen-bond acceptors (Lipinski definition) is 2. The molecule has 1 fully saturated rings. The van der Waals surface area contributed by atoms with Gasteiger partial charge in [-0.15, -0.1) is 0 Å². The van der Waals surface area contributed by atoms with Crippen LogP contribution in [0.1, 0.15) is 18.9 Å². The Kier molecular flexibility index (Phi) is 4.31. The van der Waals surface area contributed by atoms with Gasteiger partial charge in [0.15, 0.2) is 0 Å². The molecule has 1 aliphatic heterocycles. The van der Waals surface area contributed by atoms with Crippen LogP contribution in [0.4, 0.5) is 5.69 Å². The maximum Gasteiger partial charge on any atom is 0.252 e. The Morgan fingerprint density at radius 3 is 2.53 bits per heavy atom. The first kappa shape index (κ1) is 18.4. The molecule has 1 aliphatic rings. The number of carbonyl (C=O) groups excluding carboxylic acids is 2. The summed E-state index contributed by atoms with van der Waals surface area (Å²) in [6, 6.07) is 22.0. The molecule has 0 saturated carbocycles. The van der Waals surface area contributed by atoms with E-state index in [9.17, 15) is 9.59 Å². The van der Waals surface area contributed by atoms with Gasteiger partial charge in [-0.05, 0) is 30.0 Å². The van der Waals surface area contributed by atoms with Gasteiger partial charge in [-0.1, -0.05) is 54.6 Å². The molecule has 4 aromatic rings. The Morgan fingerprint density at radius 2 is 1.67 bits per heavy atom. The summed E-state index contributed by atoms with van der Waals surface area (Å²) < 4.78 is 0. The zero-order valence-corrected chi connectivity index (χ0v) is 16.8. The molecule has 1 aromatic heterocycles. The number of amides is 2. The van der Waals surface area contributed by atoms with Crippen LogP contribution in [0.2, 0.25) is 0 Å². The third-order valence-corrected chi connectivity index (χ3v) is 5.97. The standard InChI is InChI=1S/C25H23N3O2/c1-25(15-18-16-26-21-11-5-4-9-19(18)21)24(30)28(14-13-23(29)27-25)22-12-6-8-17-7-2-3-10-20(17)22/h2-12,16,26H,13-15H2,1H3,(H,27,29)/t25-/m0/s1. The van der Waals surface area contributed by atoms with Gasteiger partial charge in [-0.2, -0.15) is 0 Å². The first-order valence-electron chi connectivity index (χ1n) is 10.2. The zero-order valence-electron chi connectivity index (χ0n) is 16.8. The Labute approximate surface area is 174 Å². The third kappa shape index (κ3) is 3.03. The number of anilines is 1. The van der Waals surface area contributed by atoms with Gasteiger partial charge in [0.1, 0.15) is 5.54 Å². The topological polar surface area (TPSA) is 65.2 Å². The summed E-state index contributed by atoms with van der Waals surface area (Å²) in [5, 5.41) is 6.17. The van der Waals surface area contributed by atoms with Gasteiger partial charge in [0.05, 0.1) is 5.69 Å². The van der Waals surface area contributed by atoms with Gasteiger partial charge in [-0.3, -0.25) is 9.59 Å². The van der Waals surface area contributed by atoms with Crippen LogP contribution >= 0.6 is 0 Å². The molecule has 0 bridgehead atoms. The summed E-state index contributed by atoms with van der Waals surface area (Å²) in [6.45, 7) is 2.20. The van der Waals surface area contributed by atoms with E-state index in [0.717, 1.165) is 32.9 Å². The number of para-hydroxylation sites is 1. The van der Waals surface area contributed by atoms with Gasteiger partial charge in [0.2, 0.25) is 5.91 Å². The van der Waals surface area contributed by atoms with Crippen molar-refractivity contribution in [2.24, 2.45) is 0 Å². The molecule has 0 aliphatic carbocycles. The zero-order chi connectivity index (χ0) is 20.7. The maximum atomic E-state index is 13.8. The van der Waals surface area contributed by atoms with E-state index in [0.29, 0.717) is 13.0 Å². The molecule has 5 rings (SSSR count). The van der Waals surface area contributed by atoms with Crippen LogP contribution in [0.15, 0.2) is 72.9 Å². The van der Waals surface area contributed by atoms with E-state index in [1.807, 2.05) is 79.9 Å². The second kappa shape index (κ2) is 7.02. The minimum absolute atomic E-state index is 0.0880. The number of aromatic nitrogens is 1. The lowest BCUT2D eigenvalue weighted by Crippen LogP contribution is -2.56. The number of carbonyl (C=O) groups is 2. The first-order chi connectivity index (χ1) is 14.5. The molecule has 5 nitrogen and oxygen atoms in total. The van der Waals surface area contributed by atoms with Crippen LogP contribution in [0.5, 0.6) is 0 Å². The molecule has 2 heterocycles. The fourth-order valence-electron chi connectivity index (χ4n) is 4.49. The van der Waals surface area contributed by atoms with E-state index in [1.165, 1.54) is 0 Å². The van der Waals surface area contributed by atoms with E-state index < -0.39 is 5.54 Å². The summed E-state index contributed by atoms with van der Waals surface area (Å²) in [4.78, 5) is 31.4. The fourth-order valence-corrected chi connectivity index (χ4v) is 4.49. The van der Waals surface area contributed by atoms with E-state index in [-0.39, 0.29) is 18.2 Å². The van der Waals surface area contributed by atoms with Crippen LogP contribution < -0.4 is 10.2 Å². The van der Waals surface area contributed by atoms with Gasteiger partial charge in [0.25, 0.3) is 5.91 Å². The second-order valence-electron chi connectivity index (χ2n) is 8.12. The van der Waals surface area contributed by atoms with Crippen molar-refractivity contribution < 1.29 is 9.59 Å². The minimum atomic E-state index is -1.03. The number of nitrogens with zero attached hydrogens (tertiary/aromatic N) is 1. The van der Waals surface area contributed by atoms with Crippen molar-refractivity contribution in [1.82, 2.24) is 10.3 Å². The van der Waals surface area contributed by atoms with Crippen LogP contribution in [0, 0.1) is 0 Å². The van der Waals surface area contributed by atoms with Crippen molar-refractivity contribution in [3.63, 3.8) is 0 Å². The number of H-pyrrole nitrogens is 1. The van der Waals surface area contributed by atoms with Crippen LogP contribution in [0.3, 0.4) is 0 Å². The predicted octanol–water partition coefficient (Wildman–Crippen LogP) is 4.18. The minimum Gasteiger partial charge on any atom is -0.361 e. The van der Waals surface area contributed by atoms with Gasteiger partial charge in [0, 0.05) is 41.9 Å². The highest BCUT2D eigenvalue weighted by Gasteiger charge is 2.42. The van der Waals surface area contributed by atoms with Gasteiger partial charge < -0.3 is 15.2 Å². The summed E-state index contributed by atoms with van der Waals surface area (Å²) >= 11 is 0. The normalized spacial score (nSPS) is 19.8. The molecular weight excluding hydrogens is 374 g/mol. The second-order valence-corrected chi connectivity index (χ2v) is 8.12. The Balaban J connectivity index is 1.58. The smallest absolute Gasteiger partial charge is 0.252 e. The predicted molar refractivity (Wildman–Crippen MR) is 119 cm³/mol. The number of fused-ring (bicyclic) bond motifs is 2. The largest absolute Gasteiger partial charge is 0.361 e. The molecule has 5 heteroatoms. The van der Waals surface area contributed by atoms with Crippen molar-refractivity contribution in [3.8, 4) is 0 Å². The number of hydrogen-bond donors (Lipinski definition) is 2. The summed E-state index contributed by atoms with van der Waals surface area (Å²) in [5.74, 6) is -0.191. The van der Waals surface area contributed by atoms with Gasteiger partial charge in [-0.25, -0.2) is 0 Å². The third-order valence-electron chi connectivity index (χ3n) is 5.97. The monoisotopic (exact) mass is 397 g/mol. The van der Waals surface area contributed by atoms with Crippen molar-refractivity contribution in [1.29, 1.82) is 0 Å². The highest BCUT2D eigenvalue weighted by molar-refractivity contribution is 6.09. The van der Waals surface area contributed by atoms with E-state index in [4.69, 9.17) is 0 Å². The molecule has 30 heavy (non-hydrogen) atoms. The molecule has 2 N–H and O–H groups in total. The summed E-state index contributed by atoms with van der Waals surface area (Å²) in [6.07, 6.45) is 2.63. The lowest BCUT2D eigenvalue weighted by Gasteiger charge is -2.32. The maximum absolute atomic E-state index is 13.8. The average molecular weight is 397 g/mol. The first-order valence-corrected chi connectivity index (χ1v) is 10.2. The van der Waals surface area contributed by atoms with Crippen LogP contribution in [-0.4, -0.2) is 28.9 Å². The average Bonchev–Trinajstić information content (AvgIpc) is 3.11. The Bertz CT molecular complexity index is 1270. The number of rotatable bonds is 3. The van der Waals surface area contributed by atoms with E-state index in [1.54, 1.807) is 4.90 Å². The van der Waals surface area contributed by atoms with Crippen molar-refractivity contribution in [2.45, 2.75) is 25.3 Å². The molecule has 1 saturated heterocycles. The van der Waals surface area contributed by atoms with E-state index >= 15 is 0 Å². The highest BCUT2D eigenvalue weighted by atomic mass is 16.2. The summed E-state index contributed by atoms with van der Waals surface area (Å²) in [7, 11) is 0. The van der Waals surface area contributed by atoms with Crippen molar-refractivity contribution in [2.75, 3.05) is 11.4 Å². The quantitative estimate of drug-likeness (QED) is 0.545. The highest BCUT2D eigenvalue weighted by Crippen LogP contribution is 2.31. The lowest BCUT2D eigenvalue weighted by molar-refractivity contribution is -0.129. The Hall–Kier alpha value is -3.60. The number of benzene rings is 3. The molecule has 3 aromatic carbocycles. The van der Waals surface area contributed by atoms with Gasteiger partial charge >= 0.3 is 0 Å². The molecule has 0 radical (unpaired) electrons. The summed E-state index contributed by atoms with van der Waals surface area (Å²) in [5.41, 5.74) is 1.85. The fraction of sp³-hybridized carbons (Fsp3) is 0.200. The van der Waals surface area contributed by atoms with Crippen LogP contribution in [-0.2, 0) is 16.0 Å². The molecular formula is C25H23N3O2. The Morgan fingerprint density at radius 1 is 0.933 bits per heavy atom. The molecule has 150 valence electrons. The molecule has 1 atom stereocenters. The molecule has 0 unspecified atom stereocenters. The lowest BCUT2D eigenvalue weighted by atomic mass is 9.90. The van der Waals surface area contributed by atoms with Crippen molar-refractivity contribution >= 4 is 39.2 Å². The molecule has 0 spiro atoms. The number of aromatic amines is 1. The van der Waals surface area contributed by atoms with E-state index in [2.05, 4.69) is 10.3 Å². The molecule has 2 amide bonds. The van der Waals surface area contributed by atoms with Crippen LogP contribution in [0.25, 0.3) is 21.7 Å². The van der Waals surface area contributed by atoms with Crippen molar-refractivity contribution in [3.05, 3.63) is 78.5 Å².